The van der Waals surface area contributed by atoms with Crippen molar-refractivity contribution in [3.05, 3.63) is 17.0 Å². The molecule has 0 bridgehead atoms. The van der Waals surface area contributed by atoms with Crippen molar-refractivity contribution in [2.45, 2.75) is 25.7 Å². The molecule has 1 saturated heterocycles. The molecule has 1 aliphatic rings. The number of rotatable bonds is 1. The van der Waals surface area contributed by atoms with Crippen LogP contribution < -0.4 is 4.90 Å². The molecule has 2 rings (SSSR count). The summed E-state index contributed by atoms with van der Waals surface area (Å²) in [6.07, 6.45) is 8.85. The van der Waals surface area contributed by atoms with Gasteiger partial charge in [0.05, 0.1) is 12.4 Å². The molecule has 76 valence electrons. The van der Waals surface area contributed by atoms with Crippen LogP contribution >= 0.6 is 15.9 Å². The van der Waals surface area contributed by atoms with E-state index in [0.29, 0.717) is 0 Å². The van der Waals surface area contributed by atoms with Crippen LogP contribution in [0.2, 0.25) is 0 Å². The van der Waals surface area contributed by atoms with Gasteiger partial charge in [-0.15, -0.1) is 0 Å². The minimum absolute atomic E-state index is 0.802. The predicted octanol–water partition coefficient (Wildman–Crippen LogP) is 2.62. The summed E-state index contributed by atoms with van der Waals surface area (Å²) in [7, 11) is 0. The second-order valence-corrected chi connectivity index (χ2v) is 4.41. The summed E-state index contributed by atoms with van der Waals surface area (Å²) in [4.78, 5) is 10.9. The monoisotopic (exact) mass is 255 g/mol. The molecule has 0 atom stereocenters. The summed E-state index contributed by atoms with van der Waals surface area (Å²) in [6, 6.07) is 0. The van der Waals surface area contributed by atoms with Crippen LogP contribution in [0.25, 0.3) is 0 Å². The lowest BCUT2D eigenvalue weighted by molar-refractivity contribution is 0.726. The SMILES string of the molecule is Brc1cnc(N2CCCCCC2)cn1. The third-order valence-corrected chi connectivity index (χ3v) is 2.95. The summed E-state index contributed by atoms with van der Waals surface area (Å²) >= 11 is 3.29. The van der Waals surface area contributed by atoms with E-state index in [0.717, 1.165) is 23.5 Å². The van der Waals surface area contributed by atoms with Crippen LogP contribution in [0, 0.1) is 0 Å². The van der Waals surface area contributed by atoms with Gasteiger partial charge in [-0.3, -0.25) is 0 Å². The molecule has 0 radical (unpaired) electrons. The highest BCUT2D eigenvalue weighted by Gasteiger charge is 2.10. The van der Waals surface area contributed by atoms with Crippen molar-refractivity contribution >= 4 is 21.7 Å². The van der Waals surface area contributed by atoms with Gasteiger partial charge in [-0.05, 0) is 28.8 Å². The Balaban J connectivity index is 2.08. The van der Waals surface area contributed by atoms with Gasteiger partial charge < -0.3 is 4.90 Å². The van der Waals surface area contributed by atoms with Crippen LogP contribution in [0.1, 0.15) is 25.7 Å². The summed E-state index contributed by atoms with van der Waals surface area (Å²) in [5.41, 5.74) is 0. The van der Waals surface area contributed by atoms with E-state index in [4.69, 9.17) is 0 Å². The van der Waals surface area contributed by atoms with E-state index >= 15 is 0 Å². The van der Waals surface area contributed by atoms with E-state index in [1.165, 1.54) is 25.7 Å². The van der Waals surface area contributed by atoms with Gasteiger partial charge in [0.15, 0.2) is 0 Å². The molecule has 14 heavy (non-hydrogen) atoms. The van der Waals surface area contributed by atoms with Gasteiger partial charge >= 0.3 is 0 Å². The van der Waals surface area contributed by atoms with Crippen LogP contribution in [0.3, 0.4) is 0 Å². The number of halogens is 1. The Kier molecular flexibility index (Phi) is 3.35. The second-order valence-electron chi connectivity index (χ2n) is 3.60. The van der Waals surface area contributed by atoms with E-state index < -0.39 is 0 Å². The van der Waals surface area contributed by atoms with Gasteiger partial charge in [-0.2, -0.15) is 0 Å². The van der Waals surface area contributed by atoms with Gasteiger partial charge in [0.1, 0.15) is 10.4 Å². The Morgan fingerprint density at radius 3 is 2.29 bits per heavy atom. The minimum atomic E-state index is 0.802. The Hall–Kier alpha value is -0.640. The molecule has 3 nitrogen and oxygen atoms in total. The quantitative estimate of drug-likeness (QED) is 0.773. The Labute approximate surface area is 92.7 Å². The van der Waals surface area contributed by atoms with Crippen molar-refractivity contribution in [2.24, 2.45) is 0 Å². The fourth-order valence-electron chi connectivity index (χ4n) is 1.77. The molecule has 0 spiro atoms. The maximum absolute atomic E-state index is 4.36. The first-order valence-corrected chi connectivity index (χ1v) is 5.88. The summed E-state index contributed by atoms with van der Waals surface area (Å²) in [6.45, 7) is 2.24. The van der Waals surface area contributed by atoms with Gasteiger partial charge in [-0.25, -0.2) is 9.97 Å². The van der Waals surface area contributed by atoms with Crippen LogP contribution in [0.15, 0.2) is 17.0 Å². The number of nitrogens with zero attached hydrogens (tertiary/aromatic N) is 3. The standard InChI is InChI=1S/C10H14BrN3/c11-9-7-13-10(8-12-9)14-5-3-1-2-4-6-14/h7-8H,1-6H2. The lowest BCUT2D eigenvalue weighted by atomic mass is 10.2. The van der Waals surface area contributed by atoms with Crippen molar-refractivity contribution in [3.63, 3.8) is 0 Å². The zero-order valence-corrected chi connectivity index (χ0v) is 9.70. The van der Waals surface area contributed by atoms with Gasteiger partial charge in [-0.1, -0.05) is 12.8 Å². The minimum Gasteiger partial charge on any atom is -0.355 e. The molecule has 4 heteroatoms. The Morgan fingerprint density at radius 1 is 1.00 bits per heavy atom. The van der Waals surface area contributed by atoms with Crippen molar-refractivity contribution in [2.75, 3.05) is 18.0 Å². The fraction of sp³-hybridized carbons (Fsp3) is 0.600. The average molecular weight is 256 g/mol. The first-order chi connectivity index (χ1) is 6.86. The van der Waals surface area contributed by atoms with E-state index in [9.17, 15) is 0 Å². The number of anilines is 1. The molecule has 2 heterocycles. The van der Waals surface area contributed by atoms with E-state index in [-0.39, 0.29) is 0 Å². The third-order valence-electron chi connectivity index (χ3n) is 2.54. The number of hydrogen-bond donors (Lipinski definition) is 0. The van der Waals surface area contributed by atoms with Crippen LogP contribution in [-0.4, -0.2) is 23.1 Å². The van der Waals surface area contributed by atoms with E-state index in [1.54, 1.807) is 6.20 Å². The van der Waals surface area contributed by atoms with Crippen molar-refractivity contribution < 1.29 is 0 Å². The molecular weight excluding hydrogens is 242 g/mol. The van der Waals surface area contributed by atoms with Gasteiger partial charge in [0.25, 0.3) is 0 Å². The zero-order valence-electron chi connectivity index (χ0n) is 8.12. The van der Waals surface area contributed by atoms with Gasteiger partial charge in [0, 0.05) is 13.1 Å². The smallest absolute Gasteiger partial charge is 0.147 e. The van der Waals surface area contributed by atoms with Crippen molar-refractivity contribution in [1.82, 2.24) is 9.97 Å². The van der Waals surface area contributed by atoms with E-state index in [2.05, 4.69) is 30.8 Å². The Bertz CT molecular complexity index is 278. The summed E-state index contributed by atoms with van der Waals surface area (Å²) in [5, 5.41) is 0. The number of hydrogen-bond acceptors (Lipinski definition) is 3. The molecule has 0 unspecified atom stereocenters. The molecule has 0 aliphatic carbocycles. The highest BCUT2D eigenvalue weighted by molar-refractivity contribution is 9.10. The average Bonchev–Trinajstić information content (AvgIpc) is 2.47. The zero-order chi connectivity index (χ0) is 9.80. The predicted molar refractivity (Wildman–Crippen MR) is 60.4 cm³/mol. The highest BCUT2D eigenvalue weighted by Crippen LogP contribution is 2.17. The topological polar surface area (TPSA) is 29.0 Å². The molecule has 1 aliphatic heterocycles. The lowest BCUT2D eigenvalue weighted by Crippen LogP contribution is -2.24. The van der Waals surface area contributed by atoms with Crippen LogP contribution in [-0.2, 0) is 0 Å². The first-order valence-electron chi connectivity index (χ1n) is 5.09. The summed E-state index contributed by atoms with van der Waals surface area (Å²) in [5.74, 6) is 1.01. The highest BCUT2D eigenvalue weighted by atomic mass is 79.9. The first kappa shape index (κ1) is 9.90. The maximum Gasteiger partial charge on any atom is 0.147 e. The fourth-order valence-corrected chi connectivity index (χ4v) is 1.97. The van der Waals surface area contributed by atoms with Crippen LogP contribution in [0.5, 0.6) is 0 Å². The normalized spacial score (nSPS) is 17.9. The lowest BCUT2D eigenvalue weighted by Gasteiger charge is -2.20. The van der Waals surface area contributed by atoms with Crippen molar-refractivity contribution in [3.8, 4) is 0 Å². The molecule has 1 fully saturated rings. The largest absolute Gasteiger partial charge is 0.355 e. The Morgan fingerprint density at radius 2 is 1.71 bits per heavy atom. The van der Waals surface area contributed by atoms with Gasteiger partial charge in [0.2, 0.25) is 0 Å². The number of aromatic nitrogens is 2. The molecule has 0 amide bonds. The third kappa shape index (κ3) is 2.44. The molecule has 0 N–H and O–H groups in total. The van der Waals surface area contributed by atoms with Crippen LogP contribution in [0.4, 0.5) is 5.82 Å². The second kappa shape index (κ2) is 4.73. The van der Waals surface area contributed by atoms with E-state index in [1.807, 2.05) is 6.20 Å². The maximum atomic E-state index is 4.36. The van der Waals surface area contributed by atoms with Crippen molar-refractivity contribution in [1.29, 1.82) is 0 Å². The molecule has 0 saturated carbocycles. The molecular formula is C10H14BrN3. The molecule has 1 aromatic heterocycles. The molecule has 0 aromatic carbocycles. The molecule has 1 aromatic rings. The summed E-state index contributed by atoms with van der Waals surface area (Å²) < 4.78 is 0.802.